The van der Waals surface area contributed by atoms with Gasteiger partial charge in [0.05, 0.1) is 0 Å². The summed E-state index contributed by atoms with van der Waals surface area (Å²) in [5.74, 6) is 0. The summed E-state index contributed by atoms with van der Waals surface area (Å²) in [5, 5.41) is 6.88. The molecular formula is C41H31NP2S2. The van der Waals surface area contributed by atoms with Gasteiger partial charge in [-0.05, 0) is 49.8 Å². The van der Waals surface area contributed by atoms with Crippen LogP contribution in [0.1, 0.15) is 0 Å². The molecule has 0 atom stereocenters. The Kier molecular flexibility index (Phi) is 8.76. The first-order valence-corrected chi connectivity index (χ1v) is 20.8. The summed E-state index contributed by atoms with van der Waals surface area (Å²) in [7, 11) is 0. The number of nitrogens with zero attached hydrogens (tertiary/aromatic N) is 1. The zero-order valence-corrected chi connectivity index (χ0v) is 28.5. The average molecular weight is 664 g/mol. The Bertz CT molecular complexity index is 2100. The number of benzene rings is 6. The summed E-state index contributed by atoms with van der Waals surface area (Å²) in [5.41, 5.74) is 4.33. The molecule has 7 rings (SSSR count). The molecule has 0 aliphatic heterocycles. The van der Waals surface area contributed by atoms with E-state index in [0.29, 0.717) is 0 Å². The Morgan fingerprint density at radius 2 is 0.761 bits per heavy atom. The van der Waals surface area contributed by atoms with Crippen molar-refractivity contribution in [3.05, 3.63) is 188 Å². The van der Waals surface area contributed by atoms with Gasteiger partial charge in [0, 0.05) is 40.9 Å². The predicted octanol–water partition coefficient (Wildman–Crippen LogP) is 7.93. The molecule has 0 N–H and O–H groups in total. The highest BCUT2D eigenvalue weighted by atomic mass is 32.4. The summed E-state index contributed by atoms with van der Waals surface area (Å²) < 4.78 is 0. The van der Waals surface area contributed by atoms with Gasteiger partial charge in [-0.3, -0.25) is 4.98 Å². The monoisotopic (exact) mass is 663 g/mol. The van der Waals surface area contributed by atoms with Crippen LogP contribution >= 0.6 is 12.1 Å². The van der Waals surface area contributed by atoms with Gasteiger partial charge in [-0.25, -0.2) is 0 Å². The van der Waals surface area contributed by atoms with Crippen LogP contribution in [0.3, 0.4) is 0 Å². The molecule has 5 heteroatoms. The lowest BCUT2D eigenvalue weighted by Crippen LogP contribution is -2.31. The fraction of sp³-hybridized carbons (Fsp3) is 0. The van der Waals surface area contributed by atoms with Crippen LogP contribution in [0.25, 0.3) is 22.3 Å². The molecule has 0 saturated heterocycles. The zero-order valence-electron chi connectivity index (χ0n) is 25.1. The molecular weight excluding hydrogens is 633 g/mol. The molecule has 222 valence electrons. The van der Waals surface area contributed by atoms with E-state index in [1.807, 2.05) is 18.5 Å². The Balaban J connectivity index is 1.55. The lowest BCUT2D eigenvalue weighted by Gasteiger charge is -2.30. The lowest BCUT2D eigenvalue weighted by atomic mass is 10.0. The maximum Gasteiger partial charge on any atom is 0.0385 e. The van der Waals surface area contributed by atoms with E-state index >= 15 is 0 Å². The highest BCUT2D eigenvalue weighted by Crippen LogP contribution is 2.48. The van der Waals surface area contributed by atoms with Crippen molar-refractivity contribution in [2.24, 2.45) is 0 Å². The Morgan fingerprint density at radius 1 is 0.348 bits per heavy atom. The first-order chi connectivity index (χ1) is 22.6. The van der Waals surface area contributed by atoms with Crippen molar-refractivity contribution in [3.8, 4) is 22.3 Å². The van der Waals surface area contributed by atoms with Gasteiger partial charge in [-0.1, -0.05) is 187 Å². The highest BCUT2D eigenvalue weighted by Gasteiger charge is 2.32. The van der Waals surface area contributed by atoms with Crippen molar-refractivity contribution >= 4 is 67.5 Å². The minimum absolute atomic E-state index is 1.04. The lowest BCUT2D eigenvalue weighted by molar-refractivity contribution is 1.33. The molecule has 0 unspecified atom stereocenters. The Hall–Kier alpha value is -4.23. The van der Waals surface area contributed by atoms with Crippen LogP contribution in [0, 0.1) is 0 Å². The fourth-order valence-electron chi connectivity index (χ4n) is 6.02. The van der Waals surface area contributed by atoms with E-state index in [1.165, 1.54) is 0 Å². The maximum atomic E-state index is 7.00. The Labute approximate surface area is 281 Å². The Morgan fingerprint density at radius 3 is 1.24 bits per heavy atom. The molecule has 0 aliphatic carbocycles. The summed E-state index contributed by atoms with van der Waals surface area (Å²) in [6, 6.07) is 56.9. The second-order valence-electron chi connectivity index (χ2n) is 11.1. The van der Waals surface area contributed by atoms with Crippen molar-refractivity contribution in [2.45, 2.75) is 0 Å². The molecule has 0 spiro atoms. The normalized spacial score (nSPS) is 11.7. The minimum atomic E-state index is -2.57. The van der Waals surface area contributed by atoms with E-state index in [2.05, 4.69) is 170 Å². The minimum Gasteiger partial charge on any atom is -0.263 e. The van der Waals surface area contributed by atoms with Crippen LogP contribution in [0.15, 0.2) is 188 Å². The second-order valence-corrected chi connectivity index (χ2v) is 19.9. The van der Waals surface area contributed by atoms with Crippen molar-refractivity contribution in [2.75, 3.05) is 0 Å². The molecule has 0 amide bonds. The average Bonchev–Trinajstić information content (AvgIpc) is 3.16. The molecule has 1 heterocycles. The summed E-state index contributed by atoms with van der Waals surface area (Å²) in [4.78, 5) is 4.74. The summed E-state index contributed by atoms with van der Waals surface area (Å²) in [6.07, 6.45) is 3.90. The van der Waals surface area contributed by atoms with Crippen molar-refractivity contribution in [1.82, 2.24) is 4.98 Å². The third kappa shape index (κ3) is 5.66. The number of pyridine rings is 1. The van der Waals surface area contributed by atoms with Crippen LogP contribution in [-0.2, 0) is 23.6 Å². The SMILES string of the molecule is S=P(c1ccccc1)(c1ccccc1)c1ccc(-c2cncc(-c3ccccc3)c2)c(P(=S)(c2ccccc2)c2ccccc2)c1. The second kappa shape index (κ2) is 13.2. The van der Waals surface area contributed by atoms with Gasteiger partial charge >= 0.3 is 0 Å². The summed E-state index contributed by atoms with van der Waals surface area (Å²) >= 11 is 13.8. The molecule has 1 nitrogen and oxygen atoms in total. The largest absolute Gasteiger partial charge is 0.263 e. The predicted molar refractivity (Wildman–Crippen MR) is 207 cm³/mol. The number of aromatic nitrogens is 1. The molecule has 0 radical (unpaired) electrons. The van der Waals surface area contributed by atoms with Gasteiger partial charge in [-0.2, -0.15) is 0 Å². The van der Waals surface area contributed by atoms with Crippen molar-refractivity contribution in [1.29, 1.82) is 0 Å². The molecule has 6 aromatic carbocycles. The van der Waals surface area contributed by atoms with Crippen molar-refractivity contribution in [3.63, 3.8) is 0 Å². The van der Waals surface area contributed by atoms with E-state index in [4.69, 9.17) is 28.6 Å². The molecule has 7 aromatic rings. The van der Waals surface area contributed by atoms with Gasteiger partial charge in [-0.15, -0.1) is 0 Å². The highest BCUT2D eigenvalue weighted by molar-refractivity contribution is 8.26. The van der Waals surface area contributed by atoms with Gasteiger partial charge < -0.3 is 0 Å². The third-order valence-corrected chi connectivity index (χ3v) is 18.2. The van der Waals surface area contributed by atoms with Crippen LogP contribution in [0.5, 0.6) is 0 Å². The number of hydrogen-bond donors (Lipinski definition) is 0. The molecule has 0 fully saturated rings. The van der Waals surface area contributed by atoms with Gasteiger partial charge in [0.15, 0.2) is 0 Å². The van der Waals surface area contributed by atoms with Crippen LogP contribution in [0.2, 0.25) is 0 Å². The quantitative estimate of drug-likeness (QED) is 0.153. The van der Waals surface area contributed by atoms with Crippen molar-refractivity contribution < 1.29 is 0 Å². The standard InChI is InChI=1S/C41H31NP2S2/c45-43(35-18-8-2-9-19-35,36-20-10-3-11-21-36)39-26-27-40(34-28-33(30-42-31-34)32-16-6-1-7-17-32)41(29-39)44(46,37-22-12-4-13-23-37)38-24-14-5-15-25-38/h1-31H. The molecule has 46 heavy (non-hydrogen) atoms. The van der Waals surface area contributed by atoms with E-state index < -0.39 is 12.1 Å². The van der Waals surface area contributed by atoms with E-state index in [-0.39, 0.29) is 0 Å². The fourth-order valence-corrected chi connectivity index (χ4v) is 14.0. The summed E-state index contributed by atoms with van der Waals surface area (Å²) in [6.45, 7) is 0. The first-order valence-electron chi connectivity index (χ1n) is 15.2. The first kappa shape index (κ1) is 30.4. The molecule has 0 bridgehead atoms. The van der Waals surface area contributed by atoms with Gasteiger partial charge in [0.2, 0.25) is 0 Å². The van der Waals surface area contributed by atoms with Crippen LogP contribution in [-0.4, -0.2) is 4.98 Å². The van der Waals surface area contributed by atoms with Gasteiger partial charge in [0.1, 0.15) is 0 Å². The number of rotatable bonds is 8. The van der Waals surface area contributed by atoms with E-state index in [9.17, 15) is 0 Å². The molecule has 0 aliphatic rings. The van der Waals surface area contributed by atoms with Crippen LogP contribution < -0.4 is 31.8 Å². The smallest absolute Gasteiger partial charge is 0.0385 e. The number of hydrogen-bond acceptors (Lipinski definition) is 3. The van der Waals surface area contributed by atoms with Gasteiger partial charge in [0.25, 0.3) is 0 Å². The topological polar surface area (TPSA) is 12.9 Å². The third-order valence-electron chi connectivity index (χ3n) is 8.32. The van der Waals surface area contributed by atoms with Crippen LogP contribution in [0.4, 0.5) is 0 Å². The van der Waals surface area contributed by atoms with E-state index in [0.717, 1.165) is 54.1 Å². The zero-order chi connectivity index (χ0) is 31.4. The van der Waals surface area contributed by atoms with E-state index in [1.54, 1.807) is 0 Å². The molecule has 1 aromatic heterocycles. The maximum absolute atomic E-state index is 7.00. The molecule has 0 saturated carbocycles.